The van der Waals surface area contributed by atoms with E-state index in [0.29, 0.717) is 33.5 Å². The van der Waals surface area contributed by atoms with Crippen molar-refractivity contribution in [1.29, 1.82) is 0 Å². The summed E-state index contributed by atoms with van der Waals surface area (Å²) in [5.41, 5.74) is -1.77. The zero-order chi connectivity index (χ0) is 21.7. The van der Waals surface area contributed by atoms with Gasteiger partial charge in [0.1, 0.15) is 5.75 Å². The fraction of sp³-hybridized carbons (Fsp3) is 0.348. The van der Waals surface area contributed by atoms with Crippen LogP contribution in [0.15, 0.2) is 54.7 Å². The third kappa shape index (κ3) is 3.08. The summed E-state index contributed by atoms with van der Waals surface area (Å²) >= 11 is 0. The molecule has 0 saturated carbocycles. The number of nitrogens with zero attached hydrogens (tertiary/aromatic N) is 1. The number of fused-ring (bicyclic) bond motifs is 2. The van der Waals surface area contributed by atoms with Crippen LogP contribution in [0, 0.1) is 0 Å². The van der Waals surface area contributed by atoms with E-state index in [9.17, 15) is 18.3 Å². The highest BCUT2D eigenvalue weighted by Gasteiger charge is 2.64. The molecule has 1 aromatic heterocycles. The van der Waals surface area contributed by atoms with E-state index >= 15 is 0 Å². The van der Waals surface area contributed by atoms with E-state index in [1.807, 2.05) is 0 Å². The molecule has 0 spiro atoms. The maximum absolute atomic E-state index is 14.3. The van der Waals surface area contributed by atoms with Gasteiger partial charge in [0.15, 0.2) is 5.60 Å². The van der Waals surface area contributed by atoms with Gasteiger partial charge >= 0.3 is 6.18 Å². The molecule has 1 aliphatic rings. The van der Waals surface area contributed by atoms with Crippen molar-refractivity contribution in [1.82, 2.24) is 4.98 Å². The smallest absolute Gasteiger partial charge is 0.419 e. The molecular formula is C23H23F3N2O2. The van der Waals surface area contributed by atoms with Crippen molar-refractivity contribution in [2.45, 2.75) is 43.5 Å². The van der Waals surface area contributed by atoms with Gasteiger partial charge in [0.2, 0.25) is 0 Å². The number of hydrogen-bond acceptors (Lipinski definition) is 4. The first-order valence-corrected chi connectivity index (χ1v) is 9.65. The number of halogens is 3. The largest absolute Gasteiger partial charge is 0.496 e. The highest BCUT2D eigenvalue weighted by molar-refractivity contribution is 5.91. The van der Waals surface area contributed by atoms with Crippen LogP contribution in [0.4, 0.5) is 18.9 Å². The Morgan fingerprint density at radius 1 is 1.10 bits per heavy atom. The highest BCUT2D eigenvalue weighted by atomic mass is 19.4. The van der Waals surface area contributed by atoms with Gasteiger partial charge in [0.25, 0.3) is 0 Å². The standard InChI is InChI=1S/C23H23F3N2O2/c1-21(2)13-22(29,23(24,25)26)20(15-7-4-11-18(30-3)19(15)21)28-17-10-5-9-16-14(17)8-6-12-27-16/h4-12,20,28-29H,13H2,1-3H3. The van der Waals surface area contributed by atoms with E-state index in [1.165, 1.54) is 7.11 Å². The van der Waals surface area contributed by atoms with Crippen molar-refractivity contribution in [3.05, 3.63) is 65.9 Å². The molecule has 2 atom stereocenters. The molecule has 3 aromatic rings. The first-order valence-electron chi connectivity index (χ1n) is 9.65. The third-order valence-corrected chi connectivity index (χ3v) is 5.89. The van der Waals surface area contributed by atoms with Gasteiger partial charge in [-0.05, 0) is 47.7 Å². The van der Waals surface area contributed by atoms with E-state index < -0.39 is 29.7 Å². The van der Waals surface area contributed by atoms with Crippen LogP contribution in [-0.2, 0) is 5.41 Å². The van der Waals surface area contributed by atoms with Crippen LogP contribution >= 0.6 is 0 Å². The van der Waals surface area contributed by atoms with Crippen LogP contribution in [0.2, 0.25) is 0 Å². The number of aromatic nitrogens is 1. The Balaban J connectivity index is 1.95. The van der Waals surface area contributed by atoms with Crippen LogP contribution in [-0.4, -0.2) is 29.0 Å². The fourth-order valence-corrected chi connectivity index (χ4v) is 4.65. The van der Waals surface area contributed by atoms with Crippen molar-refractivity contribution in [2.24, 2.45) is 0 Å². The highest BCUT2D eigenvalue weighted by Crippen LogP contribution is 2.56. The summed E-state index contributed by atoms with van der Waals surface area (Å²) < 4.78 is 48.3. The molecule has 4 rings (SSSR count). The lowest BCUT2D eigenvalue weighted by Crippen LogP contribution is -2.58. The maximum Gasteiger partial charge on any atom is 0.419 e. The molecule has 0 amide bonds. The Hall–Kier alpha value is -2.80. The Kier molecular flexibility index (Phi) is 4.69. The Bertz CT molecular complexity index is 1090. The molecule has 1 heterocycles. The summed E-state index contributed by atoms with van der Waals surface area (Å²) in [5, 5.41) is 14.8. The monoisotopic (exact) mass is 416 g/mol. The zero-order valence-corrected chi connectivity index (χ0v) is 16.9. The van der Waals surface area contributed by atoms with Gasteiger partial charge in [0.05, 0.1) is 18.7 Å². The molecule has 2 unspecified atom stereocenters. The Morgan fingerprint density at radius 3 is 2.53 bits per heavy atom. The number of hydrogen-bond donors (Lipinski definition) is 2. The number of benzene rings is 2. The van der Waals surface area contributed by atoms with Crippen molar-refractivity contribution in [2.75, 3.05) is 12.4 Å². The molecule has 0 bridgehead atoms. The summed E-state index contributed by atoms with van der Waals surface area (Å²) in [6.07, 6.45) is -3.72. The van der Waals surface area contributed by atoms with Gasteiger partial charge in [-0.25, -0.2) is 0 Å². The summed E-state index contributed by atoms with van der Waals surface area (Å²) in [6, 6.07) is 12.3. The average Bonchev–Trinajstić information content (AvgIpc) is 2.69. The first kappa shape index (κ1) is 20.5. The molecule has 30 heavy (non-hydrogen) atoms. The SMILES string of the molecule is COc1cccc2c1C(C)(C)CC(O)(C(F)(F)F)C2Nc1cccc2ncccc12. The van der Waals surface area contributed by atoms with E-state index in [1.54, 1.807) is 68.6 Å². The van der Waals surface area contributed by atoms with E-state index in [2.05, 4.69) is 10.3 Å². The molecule has 0 fully saturated rings. The van der Waals surface area contributed by atoms with Crippen LogP contribution in [0.3, 0.4) is 0 Å². The summed E-state index contributed by atoms with van der Waals surface area (Å²) in [6.45, 7) is 3.40. The summed E-state index contributed by atoms with van der Waals surface area (Å²) in [5.74, 6) is 0.508. The summed E-state index contributed by atoms with van der Waals surface area (Å²) in [4.78, 5) is 4.27. The van der Waals surface area contributed by atoms with Gasteiger partial charge < -0.3 is 15.2 Å². The molecular weight excluding hydrogens is 393 g/mol. The van der Waals surface area contributed by atoms with E-state index in [4.69, 9.17) is 4.74 Å². The number of rotatable bonds is 3. The second-order valence-electron chi connectivity index (χ2n) is 8.36. The van der Waals surface area contributed by atoms with Crippen molar-refractivity contribution >= 4 is 16.6 Å². The fourth-order valence-electron chi connectivity index (χ4n) is 4.65. The van der Waals surface area contributed by atoms with Gasteiger partial charge in [0, 0.05) is 22.8 Å². The minimum absolute atomic E-state index is 0.367. The average molecular weight is 416 g/mol. The Labute approximate surface area is 172 Å². The number of anilines is 1. The molecule has 0 aliphatic heterocycles. The van der Waals surface area contributed by atoms with Crippen LogP contribution < -0.4 is 10.1 Å². The minimum Gasteiger partial charge on any atom is -0.496 e. The molecule has 4 nitrogen and oxygen atoms in total. The van der Waals surface area contributed by atoms with E-state index in [0.717, 1.165) is 0 Å². The second-order valence-corrected chi connectivity index (χ2v) is 8.36. The van der Waals surface area contributed by atoms with Gasteiger partial charge in [-0.3, -0.25) is 4.98 Å². The minimum atomic E-state index is -4.84. The zero-order valence-electron chi connectivity index (χ0n) is 16.9. The number of alkyl halides is 3. The van der Waals surface area contributed by atoms with Crippen molar-refractivity contribution in [3.8, 4) is 5.75 Å². The lowest BCUT2D eigenvalue weighted by atomic mass is 9.63. The lowest BCUT2D eigenvalue weighted by molar-refractivity contribution is -0.275. The van der Waals surface area contributed by atoms with Crippen LogP contribution in [0.25, 0.3) is 10.9 Å². The van der Waals surface area contributed by atoms with Crippen molar-refractivity contribution < 1.29 is 23.0 Å². The van der Waals surface area contributed by atoms with Crippen LogP contribution in [0.5, 0.6) is 5.75 Å². The van der Waals surface area contributed by atoms with E-state index in [-0.39, 0.29) is 0 Å². The molecule has 158 valence electrons. The van der Waals surface area contributed by atoms with Gasteiger partial charge in [-0.1, -0.05) is 32.0 Å². The quantitative estimate of drug-likeness (QED) is 0.603. The van der Waals surface area contributed by atoms with Crippen molar-refractivity contribution in [3.63, 3.8) is 0 Å². The number of ether oxygens (including phenoxy) is 1. The number of methoxy groups -OCH3 is 1. The Morgan fingerprint density at radius 2 is 1.83 bits per heavy atom. The number of aliphatic hydroxyl groups is 1. The number of nitrogens with one attached hydrogen (secondary N) is 1. The third-order valence-electron chi connectivity index (χ3n) is 5.89. The van der Waals surface area contributed by atoms with Gasteiger partial charge in [-0.2, -0.15) is 13.2 Å². The molecule has 1 aliphatic carbocycles. The maximum atomic E-state index is 14.3. The predicted molar refractivity (Wildman–Crippen MR) is 110 cm³/mol. The first-order chi connectivity index (χ1) is 14.1. The van der Waals surface area contributed by atoms with Gasteiger partial charge in [-0.15, -0.1) is 0 Å². The molecule has 2 N–H and O–H groups in total. The normalized spacial score (nSPS) is 23.1. The van der Waals surface area contributed by atoms with Crippen LogP contribution in [0.1, 0.15) is 37.4 Å². The molecule has 7 heteroatoms. The summed E-state index contributed by atoms with van der Waals surface area (Å²) in [7, 11) is 1.50. The molecule has 2 aromatic carbocycles. The second kappa shape index (κ2) is 6.87. The lowest BCUT2D eigenvalue weighted by Gasteiger charge is -2.49. The molecule has 0 radical (unpaired) electrons. The topological polar surface area (TPSA) is 54.4 Å². The predicted octanol–water partition coefficient (Wildman–Crippen LogP) is 5.37. The number of pyridine rings is 1. The molecule has 0 saturated heterocycles.